The first kappa shape index (κ1) is 19.5. The smallest absolute Gasteiger partial charge is 0.0166 e. The van der Waals surface area contributed by atoms with Gasteiger partial charge in [0.05, 0.1) is 0 Å². The molecular weight excluding hydrogens is 242 g/mol. The van der Waals surface area contributed by atoms with Crippen LogP contribution in [0.3, 0.4) is 0 Å². The highest BCUT2D eigenvalue weighted by Gasteiger charge is 1.95. The fourth-order valence-corrected chi connectivity index (χ4v) is 2.56. The van der Waals surface area contributed by atoms with E-state index in [2.05, 4.69) is 45.0 Å². The second-order valence-corrected chi connectivity index (χ2v) is 6.67. The maximum absolute atomic E-state index is 2.33. The molecule has 0 bridgehead atoms. The predicted molar refractivity (Wildman–Crippen MR) is 93.1 cm³/mol. The molecule has 0 heterocycles. The van der Waals surface area contributed by atoms with Crippen LogP contribution in [-0.2, 0) is 0 Å². The summed E-state index contributed by atoms with van der Waals surface area (Å²) in [6.45, 7) is 8.06. The average molecular weight is 282 g/mol. The van der Waals surface area contributed by atoms with Crippen LogP contribution >= 0.6 is 0 Å². The molecule has 120 valence electrons. The lowest BCUT2D eigenvalue weighted by molar-refractivity contribution is 0.452. The van der Waals surface area contributed by atoms with E-state index < -0.39 is 0 Å². The van der Waals surface area contributed by atoms with Crippen LogP contribution in [0.2, 0.25) is 0 Å². The van der Waals surface area contributed by atoms with Crippen molar-refractivity contribution in [1.82, 2.24) is 4.90 Å². The van der Waals surface area contributed by atoms with E-state index in [9.17, 15) is 0 Å². The summed E-state index contributed by atoms with van der Waals surface area (Å²) < 4.78 is 0. The van der Waals surface area contributed by atoms with Gasteiger partial charge in [-0.3, -0.25) is 0 Å². The second-order valence-electron chi connectivity index (χ2n) is 6.67. The van der Waals surface area contributed by atoms with Crippen LogP contribution in [0, 0.1) is 5.92 Å². The molecule has 0 aromatic heterocycles. The summed E-state index contributed by atoms with van der Waals surface area (Å²) in [6.07, 6.45) is 19.9. The number of allylic oxidation sites excluding steroid dienone is 1. The Kier molecular flexibility index (Phi) is 14.6. The standard InChI is InChI=1S/C19H39N/c1-5-17-20(4)18-15-13-11-9-7-6-8-10-12-14-16-19(2)3/h15,18-19H,5-14,16-17H2,1-4H3. The van der Waals surface area contributed by atoms with E-state index in [1.807, 2.05) is 0 Å². The van der Waals surface area contributed by atoms with Gasteiger partial charge in [-0.15, -0.1) is 0 Å². The van der Waals surface area contributed by atoms with Crippen molar-refractivity contribution in [2.45, 2.75) is 91.4 Å². The summed E-state index contributed by atoms with van der Waals surface area (Å²) >= 11 is 0. The average Bonchev–Trinajstić information content (AvgIpc) is 2.40. The van der Waals surface area contributed by atoms with E-state index in [0.717, 1.165) is 5.92 Å². The van der Waals surface area contributed by atoms with Gasteiger partial charge in [0, 0.05) is 13.6 Å². The van der Waals surface area contributed by atoms with Gasteiger partial charge in [-0.25, -0.2) is 0 Å². The van der Waals surface area contributed by atoms with Crippen molar-refractivity contribution in [2.24, 2.45) is 5.92 Å². The largest absolute Gasteiger partial charge is 0.381 e. The van der Waals surface area contributed by atoms with Gasteiger partial charge in [0.1, 0.15) is 0 Å². The third-order valence-electron chi connectivity index (χ3n) is 3.84. The van der Waals surface area contributed by atoms with Gasteiger partial charge in [-0.05, 0) is 31.4 Å². The molecule has 0 fully saturated rings. The van der Waals surface area contributed by atoms with E-state index >= 15 is 0 Å². The third-order valence-corrected chi connectivity index (χ3v) is 3.84. The number of unbranched alkanes of at least 4 members (excludes halogenated alkanes) is 8. The Balaban J connectivity index is 3.13. The number of rotatable bonds is 14. The van der Waals surface area contributed by atoms with Gasteiger partial charge in [0.2, 0.25) is 0 Å². The van der Waals surface area contributed by atoms with Crippen LogP contribution in [0.1, 0.15) is 91.4 Å². The molecule has 0 aromatic rings. The Bertz CT molecular complexity index is 208. The molecule has 0 atom stereocenters. The second kappa shape index (κ2) is 14.9. The summed E-state index contributed by atoms with van der Waals surface area (Å²) in [6, 6.07) is 0. The molecule has 0 radical (unpaired) electrons. The number of hydrogen-bond donors (Lipinski definition) is 0. The van der Waals surface area contributed by atoms with Gasteiger partial charge in [-0.2, -0.15) is 0 Å². The van der Waals surface area contributed by atoms with Crippen molar-refractivity contribution in [2.75, 3.05) is 13.6 Å². The third kappa shape index (κ3) is 15.6. The zero-order valence-electron chi connectivity index (χ0n) is 14.7. The quantitative estimate of drug-likeness (QED) is 0.333. The van der Waals surface area contributed by atoms with Gasteiger partial charge in [0.15, 0.2) is 0 Å². The Morgan fingerprint density at radius 1 is 0.850 bits per heavy atom. The minimum atomic E-state index is 0.888. The molecular formula is C19H39N. The Morgan fingerprint density at radius 3 is 1.95 bits per heavy atom. The lowest BCUT2D eigenvalue weighted by Crippen LogP contribution is -2.10. The normalized spacial score (nSPS) is 11.7. The van der Waals surface area contributed by atoms with Crippen LogP contribution in [0.15, 0.2) is 12.3 Å². The minimum Gasteiger partial charge on any atom is -0.381 e. The van der Waals surface area contributed by atoms with Gasteiger partial charge in [0.25, 0.3) is 0 Å². The van der Waals surface area contributed by atoms with E-state index in [4.69, 9.17) is 0 Å². The molecule has 1 heteroatoms. The van der Waals surface area contributed by atoms with Crippen LogP contribution in [0.4, 0.5) is 0 Å². The lowest BCUT2D eigenvalue weighted by atomic mass is 10.0. The van der Waals surface area contributed by atoms with Crippen molar-refractivity contribution in [3.8, 4) is 0 Å². The molecule has 0 aliphatic rings. The van der Waals surface area contributed by atoms with Crippen molar-refractivity contribution in [3.05, 3.63) is 12.3 Å². The molecule has 0 spiro atoms. The highest BCUT2D eigenvalue weighted by atomic mass is 15.1. The zero-order valence-corrected chi connectivity index (χ0v) is 14.7. The summed E-state index contributed by atoms with van der Waals surface area (Å²) in [4.78, 5) is 2.29. The number of nitrogens with zero attached hydrogens (tertiary/aromatic N) is 1. The maximum Gasteiger partial charge on any atom is 0.0166 e. The number of hydrogen-bond acceptors (Lipinski definition) is 1. The van der Waals surface area contributed by atoms with Crippen LogP contribution in [0.5, 0.6) is 0 Å². The van der Waals surface area contributed by atoms with Crippen LogP contribution in [-0.4, -0.2) is 18.5 Å². The minimum absolute atomic E-state index is 0.888. The molecule has 0 aliphatic carbocycles. The highest BCUT2D eigenvalue weighted by molar-refractivity contribution is 4.80. The molecule has 0 saturated heterocycles. The fraction of sp³-hybridized carbons (Fsp3) is 0.895. The summed E-state index contributed by atoms with van der Waals surface area (Å²) in [5.74, 6) is 0.888. The van der Waals surface area contributed by atoms with Crippen molar-refractivity contribution in [1.29, 1.82) is 0 Å². The van der Waals surface area contributed by atoms with E-state index in [1.165, 1.54) is 77.2 Å². The Labute approximate surface area is 128 Å². The molecule has 0 saturated carbocycles. The van der Waals surface area contributed by atoms with Gasteiger partial charge >= 0.3 is 0 Å². The Morgan fingerprint density at radius 2 is 1.40 bits per heavy atom. The molecule has 20 heavy (non-hydrogen) atoms. The molecule has 0 aliphatic heterocycles. The highest BCUT2D eigenvalue weighted by Crippen LogP contribution is 2.13. The molecule has 0 N–H and O–H groups in total. The zero-order chi connectivity index (χ0) is 15.1. The fourth-order valence-electron chi connectivity index (χ4n) is 2.56. The van der Waals surface area contributed by atoms with Crippen LogP contribution < -0.4 is 0 Å². The first-order valence-corrected chi connectivity index (χ1v) is 9.03. The summed E-state index contributed by atoms with van der Waals surface area (Å²) in [7, 11) is 2.17. The van der Waals surface area contributed by atoms with Crippen LogP contribution in [0.25, 0.3) is 0 Å². The molecule has 0 amide bonds. The predicted octanol–water partition coefficient (Wildman–Crippen LogP) is 6.40. The van der Waals surface area contributed by atoms with E-state index in [1.54, 1.807) is 0 Å². The van der Waals surface area contributed by atoms with E-state index in [0.29, 0.717) is 0 Å². The SMILES string of the molecule is CCCN(C)C=CCCCCCCCCCCC(C)C. The summed E-state index contributed by atoms with van der Waals surface area (Å²) in [5, 5.41) is 0. The first-order valence-electron chi connectivity index (χ1n) is 9.03. The topological polar surface area (TPSA) is 3.24 Å². The maximum atomic E-state index is 2.33. The van der Waals surface area contributed by atoms with E-state index in [-0.39, 0.29) is 0 Å². The van der Waals surface area contributed by atoms with Crippen molar-refractivity contribution < 1.29 is 0 Å². The van der Waals surface area contributed by atoms with Crippen molar-refractivity contribution >= 4 is 0 Å². The molecule has 1 nitrogen and oxygen atoms in total. The molecule has 0 unspecified atom stereocenters. The lowest BCUT2D eigenvalue weighted by Gasteiger charge is -2.11. The molecule has 0 rings (SSSR count). The molecule has 0 aromatic carbocycles. The first-order chi connectivity index (χ1) is 9.66. The summed E-state index contributed by atoms with van der Waals surface area (Å²) in [5.41, 5.74) is 0. The van der Waals surface area contributed by atoms with Crippen molar-refractivity contribution in [3.63, 3.8) is 0 Å². The Hall–Kier alpha value is -0.460. The van der Waals surface area contributed by atoms with Gasteiger partial charge in [-0.1, -0.05) is 78.2 Å². The monoisotopic (exact) mass is 281 g/mol. The van der Waals surface area contributed by atoms with Gasteiger partial charge < -0.3 is 4.90 Å².